The van der Waals surface area contributed by atoms with Crippen LogP contribution in [-0.4, -0.2) is 39.1 Å². The van der Waals surface area contributed by atoms with E-state index in [-0.39, 0.29) is 37.1 Å². The van der Waals surface area contributed by atoms with Gasteiger partial charge in [0.05, 0.1) is 12.0 Å². The Kier molecular flexibility index (Phi) is 6.87. The predicted octanol–water partition coefficient (Wildman–Crippen LogP) is 4.03. The van der Waals surface area contributed by atoms with Crippen molar-refractivity contribution < 1.29 is 14.4 Å². The molecule has 1 aliphatic heterocycles. The quantitative estimate of drug-likeness (QED) is 0.481. The van der Waals surface area contributed by atoms with Gasteiger partial charge in [0.15, 0.2) is 0 Å². The van der Waals surface area contributed by atoms with Gasteiger partial charge in [-0.25, -0.2) is 0 Å². The molecule has 2 heterocycles. The molecule has 0 radical (unpaired) electrons. The van der Waals surface area contributed by atoms with E-state index in [9.17, 15) is 14.4 Å². The van der Waals surface area contributed by atoms with Crippen molar-refractivity contribution in [1.29, 1.82) is 0 Å². The molecule has 1 unspecified atom stereocenters. The van der Waals surface area contributed by atoms with Crippen molar-refractivity contribution in [2.45, 2.75) is 45.2 Å². The van der Waals surface area contributed by atoms with E-state index in [0.29, 0.717) is 13.1 Å². The first-order valence-electron chi connectivity index (χ1n) is 11.6. The van der Waals surface area contributed by atoms with Gasteiger partial charge in [-0.2, -0.15) is 0 Å². The summed E-state index contributed by atoms with van der Waals surface area (Å²) in [5.74, 6) is -0.710. The Morgan fingerprint density at radius 3 is 2.32 bits per heavy atom. The maximum Gasteiger partial charge on any atom is 0.241 e. The largest absolute Gasteiger partial charge is 0.339 e. The standard InChI is InChI=1S/C28H29N3O3/c1-3-30(19-22-10-5-4-6-11-22)25(32)17-28(24-12-8-7-9-21(24)2)18-26(33)31(27(28)34)20-23-13-15-29-16-14-23/h4-16H,3,17-20H2,1-2H3. The smallest absolute Gasteiger partial charge is 0.241 e. The summed E-state index contributed by atoms with van der Waals surface area (Å²) in [7, 11) is 0. The number of rotatable bonds is 8. The zero-order chi connectivity index (χ0) is 24.1. The maximum atomic E-state index is 13.9. The predicted molar refractivity (Wildman–Crippen MR) is 129 cm³/mol. The van der Waals surface area contributed by atoms with Crippen LogP contribution in [0.25, 0.3) is 0 Å². The van der Waals surface area contributed by atoms with E-state index in [4.69, 9.17) is 0 Å². The normalized spacial score (nSPS) is 17.8. The van der Waals surface area contributed by atoms with Crippen molar-refractivity contribution in [3.8, 4) is 0 Å². The molecule has 0 saturated carbocycles. The molecule has 2 aromatic carbocycles. The van der Waals surface area contributed by atoms with Crippen LogP contribution in [0.3, 0.4) is 0 Å². The van der Waals surface area contributed by atoms with Gasteiger partial charge < -0.3 is 4.90 Å². The molecule has 0 N–H and O–H groups in total. The van der Waals surface area contributed by atoms with E-state index >= 15 is 0 Å². The third kappa shape index (κ3) is 4.62. The van der Waals surface area contributed by atoms with E-state index < -0.39 is 5.41 Å². The number of carbonyl (C=O) groups excluding carboxylic acids is 3. The van der Waals surface area contributed by atoms with Gasteiger partial charge in [-0.05, 0) is 48.2 Å². The molecule has 3 amide bonds. The topological polar surface area (TPSA) is 70.6 Å². The third-order valence-electron chi connectivity index (χ3n) is 6.56. The highest BCUT2D eigenvalue weighted by Gasteiger charge is 2.54. The highest BCUT2D eigenvalue weighted by Crippen LogP contribution is 2.42. The first-order chi connectivity index (χ1) is 16.4. The van der Waals surface area contributed by atoms with Crippen molar-refractivity contribution in [1.82, 2.24) is 14.8 Å². The van der Waals surface area contributed by atoms with Gasteiger partial charge >= 0.3 is 0 Å². The molecule has 0 spiro atoms. The van der Waals surface area contributed by atoms with E-state index in [1.54, 1.807) is 29.4 Å². The number of imide groups is 1. The molecular weight excluding hydrogens is 426 g/mol. The molecule has 6 nitrogen and oxygen atoms in total. The zero-order valence-electron chi connectivity index (χ0n) is 19.6. The highest BCUT2D eigenvalue weighted by molar-refractivity contribution is 6.10. The Bertz CT molecular complexity index is 1180. The first kappa shape index (κ1) is 23.4. The van der Waals surface area contributed by atoms with E-state index in [1.807, 2.05) is 68.4 Å². The van der Waals surface area contributed by atoms with Gasteiger partial charge in [0.25, 0.3) is 0 Å². The molecule has 1 fully saturated rings. The SMILES string of the molecule is CCN(Cc1ccccc1)C(=O)CC1(c2ccccc2C)CC(=O)N(Cc2ccncc2)C1=O. The summed E-state index contributed by atoms with van der Waals surface area (Å²) in [5, 5.41) is 0. The minimum atomic E-state index is -1.21. The fourth-order valence-corrected chi connectivity index (χ4v) is 4.74. The van der Waals surface area contributed by atoms with Gasteiger partial charge in [-0.3, -0.25) is 24.3 Å². The van der Waals surface area contributed by atoms with Crippen molar-refractivity contribution in [3.63, 3.8) is 0 Å². The molecule has 1 aromatic heterocycles. The average Bonchev–Trinajstić information content (AvgIpc) is 3.08. The van der Waals surface area contributed by atoms with Gasteiger partial charge in [0.2, 0.25) is 17.7 Å². The molecular formula is C28H29N3O3. The number of aromatic nitrogens is 1. The number of likely N-dealkylation sites (tertiary alicyclic amines) is 1. The number of nitrogens with zero attached hydrogens (tertiary/aromatic N) is 3. The van der Waals surface area contributed by atoms with Crippen LogP contribution in [0.4, 0.5) is 0 Å². The van der Waals surface area contributed by atoms with Crippen molar-refractivity contribution in [2.75, 3.05) is 6.54 Å². The molecule has 0 bridgehead atoms. The Hall–Kier alpha value is -3.80. The summed E-state index contributed by atoms with van der Waals surface area (Å²) in [5.41, 5.74) is 2.28. The zero-order valence-corrected chi connectivity index (χ0v) is 19.6. The number of hydrogen-bond donors (Lipinski definition) is 0. The van der Waals surface area contributed by atoms with Crippen LogP contribution in [0.2, 0.25) is 0 Å². The average molecular weight is 456 g/mol. The summed E-state index contributed by atoms with van der Waals surface area (Å²) >= 11 is 0. The number of hydrogen-bond acceptors (Lipinski definition) is 4. The number of aryl methyl sites for hydroxylation is 1. The third-order valence-corrected chi connectivity index (χ3v) is 6.56. The van der Waals surface area contributed by atoms with Crippen molar-refractivity contribution >= 4 is 17.7 Å². The minimum Gasteiger partial charge on any atom is -0.339 e. The van der Waals surface area contributed by atoms with Crippen LogP contribution < -0.4 is 0 Å². The molecule has 174 valence electrons. The molecule has 1 aliphatic rings. The summed E-state index contributed by atoms with van der Waals surface area (Å²) in [6.07, 6.45) is 3.22. The lowest BCUT2D eigenvalue weighted by atomic mass is 9.74. The van der Waals surface area contributed by atoms with Crippen LogP contribution in [0.1, 0.15) is 42.0 Å². The van der Waals surface area contributed by atoms with Crippen molar-refractivity contribution in [3.05, 3.63) is 101 Å². The second kappa shape index (κ2) is 10.00. The first-order valence-corrected chi connectivity index (χ1v) is 11.6. The Labute approximate surface area is 200 Å². The summed E-state index contributed by atoms with van der Waals surface area (Å²) in [6.45, 7) is 5.00. The number of amides is 3. The number of benzene rings is 2. The summed E-state index contributed by atoms with van der Waals surface area (Å²) < 4.78 is 0. The van der Waals surface area contributed by atoms with Crippen LogP contribution in [0.15, 0.2) is 79.1 Å². The number of carbonyl (C=O) groups is 3. The molecule has 6 heteroatoms. The van der Waals surface area contributed by atoms with Crippen LogP contribution in [-0.2, 0) is 32.9 Å². The van der Waals surface area contributed by atoms with Gasteiger partial charge in [0, 0.05) is 38.3 Å². The van der Waals surface area contributed by atoms with Gasteiger partial charge in [-0.1, -0.05) is 54.6 Å². The summed E-state index contributed by atoms with van der Waals surface area (Å²) in [4.78, 5) is 47.7. The lowest BCUT2D eigenvalue weighted by Crippen LogP contribution is -2.43. The fourth-order valence-electron chi connectivity index (χ4n) is 4.74. The molecule has 1 saturated heterocycles. The van der Waals surface area contributed by atoms with E-state index in [2.05, 4.69) is 4.98 Å². The fraction of sp³-hybridized carbons (Fsp3) is 0.286. The van der Waals surface area contributed by atoms with Gasteiger partial charge in [-0.15, -0.1) is 0 Å². The van der Waals surface area contributed by atoms with Crippen LogP contribution >= 0.6 is 0 Å². The summed E-state index contributed by atoms with van der Waals surface area (Å²) in [6, 6.07) is 20.9. The Morgan fingerprint density at radius 1 is 0.971 bits per heavy atom. The van der Waals surface area contributed by atoms with Gasteiger partial charge in [0.1, 0.15) is 0 Å². The maximum absolute atomic E-state index is 13.9. The second-order valence-electron chi connectivity index (χ2n) is 8.78. The molecule has 4 rings (SSSR count). The number of pyridine rings is 1. The molecule has 34 heavy (non-hydrogen) atoms. The monoisotopic (exact) mass is 455 g/mol. The second-order valence-corrected chi connectivity index (χ2v) is 8.78. The van der Waals surface area contributed by atoms with Crippen molar-refractivity contribution in [2.24, 2.45) is 0 Å². The van der Waals surface area contributed by atoms with Crippen LogP contribution in [0.5, 0.6) is 0 Å². The highest BCUT2D eigenvalue weighted by atomic mass is 16.2. The molecule has 3 aromatic rings. The van der Waals surface area contributed by atoms with E-state index in [1.165, 1.54) is 4.90 Å². The molecule has 0 aliphatic carbocycles. The Balaban J connectivity index is 1.67. The van der Waals surface area contributed by atoms with E-state index in [0.717, 1.165) is 22.3 Å². The molecule has 1 atom stereocenters. The Morgan fingerprint density at radius 2 is 1.65 bits per heavy atom. The minimum absolute atomic E-state index is 0.0175. The lowest BCUT2D eigenvalue weighted by Gasteiger charge is -2.31. The van der Waals surface area contributed by atoms with Crippen LogP contribution in [0, 0.1) is 6.92 Å². The lowest BCUT2D eigenvalue weighted by molar-refractivity contribution is -0.143.